The van der Waals surface area contributed by atoms with Crippen molar-refractivity contribution >= 4 is 27.4 Å². The highest BCUT2D eigenvalue weighted by Crippen LogP contribution is 2.23. The number of aliphatic hydroxyl groups is 1. The molecule has 1 rings (SSSR count). The van der Waals surface area contributed by atoms with Crippen LogP contribution in [0, 0.1) is 0 Å². The fraction of sp³-hybridized carbons (Fsp3) is 0.444. The molecular weight excluding hydrogens is 280 g/mol. The van der Waals surface area contributed by atoms with Gasteiger partial charge in [-0.25, -0.2) is 19.2 Å². The lowest BCUT2D eigenvalue weighted by molar-refractivity contribution is 0.257. The number of hydrogen-bond acceptors (Lipinski definition) is 6. The van der Waals surface area contributed by atoms with Crippen LogP contribution in [0.25, 0.3) is 0 Å². The van der Waals surface area contributed by atoms with E-state index in [-0.39, 0.29) is 35.4 Å². The van der Waals surface area contributed by atoms with Gasteiger partial charge in [-0.3, -0.25) is 0 Å². The van der Waals surface area contributed by atoms with E-state index in [0.717, 1.165) is 10.5 Å². The summed E-state index contributed by atoms with van der Waals surface area (Å²) in [6.45, 7) is 1.69. The van der Waals surface area contributed by atoms with E-state index in [1.807, 2.05) is 0 Å². The van der Waals surface area contributed by atoms with Crippen molar-refractivity contribution in [2.75, 3.05) is 25.1 Å². The average Bonchev–Trinajstić information content (AvgIpc) is 2.35. The summed E-state index contributed by atoms with van der Waals surface area (Å²) >= 11 is 5.82. The fourth-order valence-electron chi connectivity index (χ4n) is 1.38. The zero-order valence-electron chi connectivity index (χ0n) is 9.80. The Morgan fingerprint density at radius 3 is 2.72 bits per heavy atom. The second kappa shape index (κ2) is 6.30. The number of rotatable bonds is 6. The smallest absolute Gasteiger partial charge is 0.244 e. The fourth-order valence-corrected chi connectivity index (χ4v) is 3.07. The number of hydrazine groups is 1. The number of anilines is 1. The molecule has 0 aliphatic heterocycles. The maximum Gasteiger partial charge on any atom is 0.244 e. The van der Waals surface area contributed by atoms with Crippen molar-refractivity contribution in [2.24, 2.45) is 5.84 Å². The van der Waals surface area contributed by atoms with Gasteiger partial charge < -0.3 is 10.5 Å². The predicted octanol–water partition coefficient (Wildman–Crippen LogP) is 0.0235. The van der Waals surface area contributed by atoms with E-state index in [0.29, 0.717) is 0 Å². The van der Waals surface area contributed by atoms with E-state index < -0.39 is 10.0 Å². The van der Waals surface area contributed by atoms with Crippen molar-refractivity contribution in [2.45, 2.75) is 11.8 Å². The second-order valence-corrected chi connectivity index (χ2v) is 5.71. The topological polar surface area (TPSA) is 109 Å². The molecule has 1 aromatic rings. The SMILES string of the molecule is CCN(CCO)S(=O)(=O)c1cnc(NN)c(Cl)c1. The molecule has 102 valence electrons. The Kier molecular flexibility index (Phi) is 5.29. The molecule has 0 radical (unpaired) electrons. The Balaban J connectivity index is 3.15. The maximum atomic E-state index is 12.2. The minimum atomic E-state index is -3.70. The van der Waals surface area contributed by atoms with Gasteiger partial charge in [0.15, 0.2) is 5.82 Å². The van der Waals surface area contributed by atoms with Gasteiger partial charge in [-0.15, -0.1) is 0 Å². The highest BCUT2D eigenvalue weighted by Gasteiger charge is 2.23. The summed E-state index contributed by atoms with van der Waals surface area (Å²) in [5.41, 5.74) is 2.25. The number of pyridine rings is 1. The van der Waals surface area contributed by atoms with Crippen LogP contribution < -0.4 is 11.3 Å². The van der Waals surface area contributed by atoms with Crippen LogP contribution in [0.1, 0.15) is 6.92 Å². The van der Waals surface area contributed by atoms with E-state index >= 15 is 0 Å². The first-order chi connectivity index (χ1) is 8.47. The third kappa shape index (κ3) is 3.09. The summed E-state index contributed by atoms with van der Waals surface area (Å²) in [6.07, 6.45) is 1.16. The molecule has 9 heteroatoms. The number of nitrogens with two attached hydrogens (primary N) is 1. The summed E-state index contributed by atoms with van der Waals surface area (Å²) in [6, 6.07) is 1.26. The Morgan fingerprint density at radius 1 is 1.61 bits per heavy atom. The zero-order chi connectivity index (χ0) is 13.8. The number of sulfonamides is 1. The monoisotopic (exact) mass is 294 g/mol. The third-order valence-electron chi connectivity index (χ3n) is 2.29. The van der Waals surface area contributed by atoms with Crippen LogP contribution in [-0.2, 0) is 10.0 Å². The summed E-state index contributed by atoms with van der Waals surface area (Å²) in [7, 11) is -3.70. The van der Waals surface area contributed by atoms with E-state index in [1.165, 1.54) is 6.07 Å². The number of likely N-dealkylation sites (N-methyl/N-ethyl adjacent to an activating group) is 1. The zero-order valence-corrected chi connectivity index (χ0v) is 11.4. The number of nitrogens with zero attached hydrogens (tertiary/aromatic N) is 2. The lowest BCUT2D eigenvalue weighted by Gasteiger charge is -2.19. The van der Waals surface area contributed by atoms with E-state index in [2.05, 4.69) is 10.4 Å². The normalized spacial score (nSPS) is 11.8. The van der Waals surface area contributed by atoms with Crippen molar-refractivity contribution in [3.05, 3.63) is 17.3 Å². The van der Waals surface area contributed by atoms with Crippen LogP contribution in [0.5, 0.6) is 0 Å². The molecule has 0 amide bonds. The van der Waals surface area contributed by atoms with Crippen molar-refractivity contribution in [3.8, 4) is 0 Å². The van der Waals surface area contributed by atoms with Gasteiger partial charge in [-0.05, 0) is 6.07 Å². The Bertz CT molecular complexity index is 509. The summed E-state index contributed by atoms with van der Waals surface area (Å²) < 4.78 is 25.5. The average molecular weight is 295 g/mol. The molecule has 1 heterocycles. The first-order valence-corrected chi connectivity index (χ1v) is 7.02. The third-order valence-corrected chi connectivity index (χ3v) is 4.52. The van der Waals surface area contributed by atoms with E-state index in [9.17, 15) is 8.42 Å². The number of nitrogen functional groups attached to an aromatic ring is 1. The minimum absolute atomic E-state index is 0.0212. The van der Waals surface area contributed by atoms with Crippen LogP contribution in [0.4, 0.5) is 5.82 Å². The van der Waals surface area contributed by atoms with Gasteiger partial charge in [0.1, 0.15) is 4.90 Å². The molecule has 4 N–H and O–H groups in total. The van der Waals surface area contributed by atoms with Crippen molar-refractivity contribution in [1.82, 2.24) is 9.29 Å². The van der Waals surface area contributed by atoms with Gasteiger partial charge in [0, 0.05) is 19.3 Å². The molecule has 0 saturated carbocycles. The summed E-state index contributed by atoms with van der Waals surface area (Å²) in [4.78, 5) is 3.76. The number of halogens is 1. The first kappa shape index (κ1) is 15.1. The number of aliphatic hydroxyl groups excluding tert-OH is 1. The van der Waals surface area contributed by atoms with Gasteiger partial charge in [0.05, 0.1) is 11.6 Å². The molecule has 0 aromatic carbocycles. The quantitative estimate of drug-likeness (QED) is 0.504. The van der Waals surface area contributed by atoms with Crippen LogP contribution in [0.2, 0.25) is 5.02 Å². The summed E-state index contributed by atoms with van der Waals surface area (Å²) in [5, 5.41) is 8.95. The Labute approximate surface area is 111 Å². The van der Waals surface area contributed by atoms with Crippen molar-refractivity contribution in [1.29, 1.82) is 0 Å². The highest BCUT2D eigenvalue weighted by molar-refractivity contribution is 7.89. The van der Waals surface area contributed by atoms with Gasteiger partial charge in [-0.2, -0.15) is 4.31 Å². The number of aromatic nitrogens is 1. The second-order valence-electron chi connectivity index (χ2n) is 3.37. The molecule has 0 aliphatic carbocycles. The van der Waals surface area contributed by atoms with Gasteiger partial charge in [0.25, 0.3) is 0 Å². The molecule has 0 aliphatic rings. The molecule has 0 spiro atoms. The minimum Gasteiger partial charge on any atom is -0.395 e. The van der Waals surface area contributed by atoms with Crippen LogP contribution in [-0.4, -0.2) is 42.5 Å². The lowest BCUT2D eigenvalue weighted by Crippen LogP contribution is -2.33. The van der Waals surface area contributed by atoms with Gasteiger partial charge in [-0.1, -0.05) is 18.5 Å². The van der Waals surface area contributed by atoms with Crippen LogP contribution in [0.3, 0.4) is 0 Å². The molecule has 18 heavy (non-hydrogen) atoms. The number of hydrogen-bond donors (Lipinski definition) is 3. The molecule has 0 fully saturated rings. The molecule has 0 saturated heterocycles. The maximum absolute atomic E-state index is 12.2. The lowest BCUT2D eigenvalue weighted by atomic mass is 10.5. The molecular formula is C9H15ClN4O3S. The standard InChI is InChI=1S/C9H15ClN4O3S/c1-2-14(3-4-15)18(16,17)7-5-8(10)9(13-11)12-6-7/h5-6,15H,2-4,11H2,1H3,(H,12,13). The van der Waals surface area contributed by atoms with E-state index in [4.69, 9.17) is 22.6 Å². The first-order valence-electron chi connectivity index (χ1n) is 5.20. The highest BCUT2D eigenvalue weighted by atomic mass is 35.5. The van der Waals surface area contributed by atoms with Crippen molar-refractivity contribution < 1.29 is 13.5 Å². The van der Waals surface area contributed by atoms with Crippen molar-refractivity contribution in [3.63, 3.8) is 0 Å². The molecule has 0 unspecified atom stereocenters. The van der Waals surface area contributed by atoms with Gasteiger partial charge in [0.2, 0.25) is 10.0 Å². The van der Waals surface area contributed by atoms with Gasteiger partial charge >= 0.3 is 0 Å². The van der Waals surface area contributed by atoms with Crippen LogP contribution in [0.15, 0.2) is 17.2 Å². The van der Waals surface area contributed by atoms with E-state index in [1.54, 1.807) is 6.92 Å². The largest absolute Gasteiger partial charge is 0.395 e. The molecule has 1 aromatic heterocycles. The molecule has 7 nitrogen and oxygen atoms in total. The predicted molar refractivity (Wildman–Crippen MR) is 68.6 cm³/mol. The van der Waals surface area contributed by atoms with Crippen LogP contribution >= 0.6 is 11.6 Å². The Hall–Kier alpha value is -0.930. The molecule has 0 bridgehead atoms. The number of nitrogens with one attached hydrogen (secondary N) is 1. The Morgan fingerprint density at radius 2 is 2.28 bits per heavy atom. The summed E-state index contributed by atoms with van der Waals surface area (Å²) in [5.74, 6) is 5.35. The molecule has 0 atom stereocenters.